The second-order valence-electron chi connectivity index (χ2n) is 2.70. The first-order chi connectivity index (χ1) is 7.16. The molecule has 0 spiro atoms. The van der Waals surface area contributed by atoms with Gasteiger partial charge in [-0.3, -0.25) is 10.1 Å². The highest BCUT2D eigenvalue weighted by molar-refractivity contribution is 9.10. The highest BCUT2D eigenvalue weighted by Crippen LogP contribution is 2.17. The molecule has 7 heteroatoms. The number of carboxylic acids is 1. The molecule has 2 rings (SSSR count). The van der Waals surface area contributed by atoms with Crippen LogP contribution in [0.2, 0.25) is 0 Å². The summed E-state index contributed by atoms with van der Waals surface area (Å²) in [6, 6.07) is 1.75. The van der Waals surface area contributed by atoms with Gasteiger partial charge in [-0.2, -0.15) is 5.10 Å². The van der Waals surface area contributed by atoms with E-state index in [0.717, 1.165) is 4.47 Å². The molecular formula is C8H5BrN4O2. The van der Waals surface area contributed by atoms with Gasteiger partial charge >= 0.3 is 5.97 Å². The zero-order valence-electron chi connectivity index (χ0n) is 7.31. The Morgan fingerprint density at radius 3 is 2.87 bits per heavy atom. The van der Waals surface area contributed by atoms with E-state index in [0.29, 0.717) is 11.4 Å². The van der Waals surface area contributed by atoms with Crippen LogP contribution in [0.4, 0.5) is 0 Å². The van der Waals surface area contributed by atoms with Crippen LogP contribution in [0.3, 0.4) is 0 Å². The maximum absolute atomic E-state index is 10.6. The van der Waals surface area contributed by atoms with Crippen LogP contribution < -0.4 is 0 Å². The number of rotatable bonds is 2. The lowest BCUT2D eigenvalue weighted by Gasteiger charge is -1.93. The van der Waals surface area contributed by atoms with E-state index < -0.39 is 5.97 Å². The third-order valence-electron chi connectivity index (χ3n) is 1.65. The summed E-state index contributed by atoms with van der Waals surface area (Å²) in [6.07, 6.45) is 3.17. The van der Waals surface area contributed by atoms with Crippen molar-refractivity contribution in [2.45, 2.75) is 0 Å². The van der Waals surface area contributed by atoms with Crippen molar-refractivity contribution in [3.63, 3.8) is 0 Å². The third kappa shape index (κ3) is 2.01. The van der Waals surface area contributed by atoms with Crippen molar-refractivity contribution in [3.8, 4) is 11.4 Å². The lowest BCUT2D eigenvalue weighted by atomic mass is 10.3. The summed E-state index contributed by atoms with van der Waals surface area (Å²) in [5.74, 6) is -1.03. The zero-order valence-corrected chi connectivity index (χ0v) is 8.89. The minimum absolute atomic E-state index is 0.190. The zero-order chi connectivity index (χ0) is 10.8. The number of carboxylic acid groups (broad SMARTS) is 1. The van der Waals surface area contributed by atoms with Gasteiger partial charge in [-0.15, -0.1) is 0 Å². The van der Waals surface area contributed by atoms with E-state index in [1.165, 1.54) is 0 Å². The van der Waals surface area contributed by atoms with Crippen molar-refractivity contribution in [2.24, 2.45) is 0 Å². The molecule has 76 valence electrons. The van der Waals surface area contributed by atoms with Gasteiger partial charge in [0.05, 0.1) is 0 Å². The Bertz CT molecular complexity index is 511. The molecule has 0 unspecified atom stereocenters. The number of nitrogens with zero attached hydrogens (tertiary/aromatic N) is 3. The molecule has 2 N–H and O–H groups in total. The van der Waals surface area contributed by atoms with E-state index in [2.05, 4.69) is 36.1 Å². The number of carbonyl (C=O) groups is 1. The van der Waals surface area contributed by atoms with Crippen molar-refractivity contribution in [2.75, 3.05) is 0 Å². The first kappa shape index (κ1) is 9.78. The molecule has 0 bridgehead atoms. The maximum Gasteiger partial charge on any atom is 0.373 e. The Morgan fingerprint density at radius 1 is 1.47 bits per heavy atom. The normalized spacial score (nSPS) is 10.2. The van der Waals surface area contributed by atoms with Gasteiger partial charge in [0.1, 0.15) is 0 Å². The van der Waals surface area contributed by atoms with Crippen LogP contribution in [0.5, 0.6) is 0 Å². The molecule has 0 aromatic carbocycles. The highest BCUT2D eigenvalue weighted by atomic mass is 79.9. The van der Waals surface area contributed by atoms with Crippen LogP contribution in [0.25, 0.3) is 11.4 Å². The predicted octanol–water partition coefficient (Wildman–Crippen LogP) is 1.33. The fraction of sp³-hybridized carbons (Fsp3) is 0. The predicted molar refractivity (Wildman–Crippen MR) is 54.3 cm³/mol. The molecule has 6 nitrogen and oxygen atoms in total. The molecule has 0 aliphatic rings. The summed E-state index contributed by atoms with van der Waals surface area (Å²) in [5.41, 5.74) is 0.646. The fourth-order valence-electron chi connectivity index (χ4n) is 1.02. The molecule has 0 radical (unpaired) electrons. The first-order valence-electron chi connectivity index (χ1n) is 3.93. The first-order valence-corrected chi connectivity index (χ1v) is 4.73. The molecule has 0 fully saturated rings. The second kappa shape index (κ2) is 3.77. The van der Waals surface area contributed by atoms with Gasteiger partial charge in [0, 0.05) is 22.4 Å². The topological polar surface area (TPSA) is 91.8 Å². The number of pyridine rings is 1. The van der Waals surface area contributed by atoms with Crippen molar-refractivity contribution < 1.29 is 9.90 Å². The maximum atomic E-state index is 10.6. The third-order valence-corrected chi connectivity index (χ3v) is 2.08. The van der Waals surface area contributed by atoms with E-state index in [1.807, 2.05) is 0 Å². The Morgan fingerprint density at radius 2 is 2.27 bits per heavy atom. The smallest absolute Gasteiger partial charge is 0.373 e. The number of aromatic nitrogens is 4. The Hall–Kier alpha value is -1.76. The lowest BCUT2D eigenvalue weighted by Crippen LogP contribution is -1.98. The van der Waals surface area contributed by atoms with Crippen LogP contribution in [-0.2, 0) is 0 Å². The number of H-pyrrole nitrogens is 1. The average molecular weight is 269 g/mol. The average Bonchev–Trinajstić information content (AvgIpc) is 2.66. The quantitative estimate of drug-likeness (QED) is 0.857. The van der Waals surface area contributed by atoms with Crippen molar-refractivity contribution >= 4 is 21.9 Å². The fourth-order valence-corrected chi connectivity index (χ4v) is 1.39. The highest BCUT2D eigenvalue weighted by Gasteiger charge is 2.11. The Labute approximate surface area is 92.5 Å². The Kier molecular flexibility index (Phi) is 2.46. The van der Waals surface area contributed by atoms with E-state index in [-0.39, 0.29) is 5.82 Å². The monoisotopic (exact) mass is 268 g/mol. The second-order valence-corrected chi connectivity index (χ2v) is 3.62. The molecule has 0 atom stereocenters. The van der Waals surface area contributed by atoms with E-state index in [1.54, 1.807) is 18.5 Å². The SMILES string of the molecule is O=C(O)c1nc(-c2cncc(Br)c2)n[nH]1. The number of hydrogen-bond donors (Lipinski definition) is 2. The van der Waals surface area contributed by atoms with Gasteiger partial charge in [0.25, 0.3) is 0 Å². The number of aromatic carboxylic acids is 1. The number of aromatic amines is 1. The number of halogens is 1. The molecule has 0 aliphatic carbocycles. The molecule has 0 saturated carbocycles. The molecule has 2 aromatic heterocycles. The van der Waals surface area contributed by atoms with Crippen LogP contribution >= 0.6 is 15.9 Å². The van der Waals surface area contributed by atoms with Gasteiger partial charge in [-0.1, -0.05) is 0 Å². The van der Waals surface area contributed by atoms with Crippen molar-refractivity contribution in [3.05, 3.63) is 28.8 Å². The van der Waals surface area contributed by atoms with Gasteiger partial charge < -0.3 is 5.11 Å². The number of nitrogens with one attached hydrogen (secondary N) is 1. The summed E-state index contributed by atoms with van der Waals surface area (Å²) < 4.78 is 0.779. The standard InChI is InChI=1S/C8H5BrN4O2/c9-5-1-4(2-10-3-5)6-11-7(8(14)15)13-12-6/h1-3H,(H,14,15)(H,11,12,13). The molecular weight excluding hydrogens is 264 g/mol. The van der Waals surface area contributed by atoms with Crippen LogP contribution in [0.1, 0.15) is 10.6 Å². The van der Waals surface area contributed by atoms with Crippen LogP contribution in [-0.4, -0.2) is 31.2 Å². The van der Waals surface area contributed by atoms with Crippen molar-refractivity contribution in [1.82, 2.24) is 20.2 Å². The molecule has 2 heterocycles. The lowest BCUT2D eigenvalue weighted by molar-refractivity contribution is 0.0684. The number of hydrogen-bond acceptors (Lipinski definition) is 4. The van der Waals surface area contributed by atoms with Crippen LogP contribution in [0.15, 0.2) is 22.9 Å². The molecule has 15 heavy (non-hydrogen) atoms. The van der Waals surface area contributed by atoms with Crippen molar-refractivity contribution in [1.29, 1.82) is 0 Å². The van der Waals surface area contributed by atoms with E-state index >= 15 is 0 Å². The summed E-state index contributed by atoms with van der Waals surface area (Å²) >= 11 is 3.25. The molecule has 2 aromatic rings. The molecule has 0 amide bonds. The summed E-state index contributed by atoms with van der Waals surface area (Å²) in [4.78, 5) is 18.3. The van der Waals surface area contributed by atoms with E-state index in [4.69, 9.17) is 5.11 Å². The van der Waals surface area contributed by atoms with Gasteiger partial charge in [-0.05, 0) is 22.0 Å². The van der Waals surface area contributed by atoms with Crippen LogP contribution in [0, 0.1) is 0 Å². The van der Waals surface area contributed by atoms with Gasteiger partial charge in [0.2, 0.25) is 5.82 Å². The largest absolute Gasteiger partial charge is 0.475 e. The minimum atomic E-state index is -1.14. The molecule has 0 aliphatic heterocycles. The van der Waals surface area contributed by atoms with Gasteiger partial charge in [0.15, 0.2) is 5.82 Å². The van der Waals surface area contributed by atoms with Gasteiger partial charge in [-0.25, -0.2) is 9.78 Å². The Balaban J connectivity index is 2.41. The summed E-state index contributed by atoms with van der Waals surface area (Å²) in [5, 5.41) is 14.7. The molecule has 0 saturated heterocycles. The van der Waals surface area contributed by atoms with E-state index in [9.17, 15) is 4.79 Å². The summed E-state index contributed by atoms with van der Waals surface area (Å²) in [7, 11) is 0. The minimum Gasteiger partial charge on any atom is -0.475 e. The summed E-state index contributed by atoms with van der Waals surface area (Å²) in [6.45, 7) is 0.